The summed E-state index contributed by atoms with van der Waals surface area (Å²) in [6.45, 7) is 5.24. The van der Waals surface area contributed by atoms with Crippen LogP contribution in [-0.4, -0.2) is 12.8 Å². The first-order valence-electron chi connectivity index (χ1n) is 4.96. The Balaban J connectivity index is 2.74. The lowest BCUT2D eigenvalue weighted by atomic mass is 10.1. The normalized spacial score (nSPS) is 10.9. The van der Waals surface area contributed by atoms with E-state index in [1.54, 1.807) is 0 Å². The first kappa shape index (κ1) is 9.97. The number of aryl methyl sites for hydroxylation is 1. The van der Waals surface area contributed by atoms with Crippen molar-refractivity contribution in [3.63, 3.8) is 0 Å². The number of rotatable bonds is 4. The Morgan fingerprint density at radius 2 is 2.00 bits per heavy atom. The molecule has 0 N–H and O–H groups in total. The number of nitrogens with zero attached hydrogens (tertiary/aromatic N) is 1. The molecule has 0 aliphatic carbocycles. The summed E-state index contributed by atoms with van der Waals surface area (Å²) in [5.41, 5.74) is 2.64. The molecule has 0 fully saturated rings. The zero-order valence-corrected chi connectivity index (χ0v) is 8.46. The summed E-state index contributed by atoms with van der Waals surface area (Å²) in [6.07, 6.45) is 4.18. The van der Waals surface area contributed by atoms with Gasteiger partial charge in [-0.3, -0.25) is 4.99 Å². The molecule has 0 amide bonds. The Morgan fingerprint density at radius 1 is 1.23 bits per heavy atom. The molecule has 1 aromatic rings. The van der Waals surface area contributed by atoms with Crippen LogP contribution in [0.25, 0.3) is 0 Å². The zero-order valence-electron chi connectivity index (χ0n) is 8.46. The Bertz CT molecular complexity index is 276. The van der Waals surface area contributed by atoms with Crippen molar-refractivity contribution in [2.45, 2.75) is 26.7 Å². The van der Waals surface area contributed by atoms with Crippen molar-refractivity contribution in [3.05, 3.63) is 35.4 Å². The van der Waals surface area contributed by atoms with Crippen molar-refractivity contribution in [2.75, 3.05) is 6.54 Å². The van der Waals surface area contributed by atoms with Crippen molar-refractivity contribution >= 4 is 6.21 Å². The lowest BCUT2D eigenvalue weighted by Gasteiger charge is -2.00. The molecule has 0 aromatic heterocycles. The van der Waals surface area contributed by atoms with Crippen LogP contribution in [0.4, 0.5) is 0 Å². The predicted octanol–water partition coefficient (Wildman–Crippen LogP) is 3.08. The SMILES string of the molecule is CCCN=Cc1ccccc1CC. The standard InChI is InChI=1S/C12H17N/c1-3-9-13-10-12-8-6-5-7-11(12)4-2/h5-8,10H,3-4,9H2,1-2H3. The molecule has 0 radical (unpaired) electrons. The van der Waals surface area contributed by atoms with E-state index in [0.29, 0.717) is 0 Å². The van der Waals surface area contributed by atoms with E-state index in [2.05, 4.69) is 43.1 Å². The minimum absolute atomic E-state index is 0.929. The van der Waals surface area contributed by atoms with Gasteiger partial charge in [-0.2, -0.15) is 0 Å². The van der Waals surface area contributed by atoms with Gasteiger partial charge in [0.25, 0.3) is 0 Å². The van der Waals surface area contributed by atoms with Gasteiger partial charge in [-0.05, 0) is 24.0 Å². The second kappa shape index (κ2) is 5.52. The van der Waals surface area contributed by atoms with Crippen LogP contribution < -0.4 is 0 Å². The molecule has 0 bridgehead atoms. The third-order valence-corrected chi connectivity index (χ3v) is 2.02. The monoisotopic (exact) mass is 175 g/mol. The molecule has 1 nitrogen and oxygen atoms in total. The van der Waals surface area contributed by atoms with Crippen LogP contribution in [-0.2, 0) is 6.42 Å². The molecule has 1 heteroatoms. The van der Waals surface area contributed by atoms with Gasteiger partial charge in [-0.25, -0.2) is 0 Å². The highest BCUT2D eigenvalue weighted by Crippen LogP contribution is 2.06. The summed E-state index contributed by atoms with van der Waals surface area (Å²) in [6, 6.07) is 8.42. The summed E-state index contributed by atoms with van der Waals surface area (Å²) in [5, 5.41) is 0. The molecular weight excluding hydrogens is 158 g/mol. The van der Waals surface area contributed by atoms with E-state index in [9.17, 15) is 0 Å². The largest absolute Gasteiger partial charge is 0.293 e. The third kappa shape index (κ3) is 3.02. The molecule has 13 heavy (non-hydrogen) atoms. The maximum absolute atomic E-state index is 4.34. The van der Waals surface area contributed by atoms with E-state index in [1.165, 1.54) is 11.1 Å². The lowest BCUT2D eigenvalue weighted by molar-refractivity contribution is 0.936. The quantitative estimate of drug-likeness (QED) is 0.624. The molecule has 0 saturated carbocycles. The molecule has 0 atom stereocenters. The smallest absolute Gasteiger partial charge is 0.0386 e. The molecule has 0 aliphatic heterocycles. The fourth-order valence-corrected chi connectivity index (χ4v) is 1.27. The summed E-state index contributed by atoms with van der Waals surface area (Å²) in [5.74, 6) is 0. The highest BCUT2D eigenvalue weighted by atomic mass is 14.7. The van der Waals surface area contributed by atoms with Crippen LogP contribution in [0.1, 0.15) is 31.4 Å². The first-order valence-corrected chi connectivity index (χ1v) is 4.96. The Labute approximate surface area is 80.5 Å². The van der Waals surface area contributed by atoms with Gasteiger partial charge in [-0.15, -0.1) is 0 Å². The van der Waals surface area contributed by atoms with Gasteiger partial charge < -0.3 is 0 Å². The number of hydrogen-bond donors (Lipinski definition) is 0. The number of hydrogen-bond acceptors (Lipinski definition) is 1. The molecule has 70 valence electrons. The second-order valence-electron chi connectivity index (χ2n) is 3.09. The van der Waals surface area contributed by atoms with Gasteiger partial charge in [0.2, 0.25) is 0 Å². The van der Waals surface area contributed by atoms with Crippen LogP contribution in [0.2, 0.25) is 0 Å². The van der Waals surface area contributed by atoms with Gasteiger partial charge in [0.1, 0.15) is 0 Å². The van der Waals surface area contributed by atoms with E-state index < -0.39 is 0 Å². The molecule has 1 rings (SSSR count). The molecule has 0 spiro atoms. The predicted molar refractivity (Wildman–Crippen MR) is 58.6 cm³/mol. The topological polar surface area (TPSA) is 12.4 Å². The summed E-state index contributed by atoms with van der Waals surface area (Å²) >= 11 is 0. The van der Waals surface area contributed by atoms with Gasteiger partial charge in [0.15, 0.2) is 0 Å². The minimum Gasteiger partial charge on any atom is -0.293 e. The van der Waals surface area contributed by atoms with E-state index >= 15 is 0 Å². The van der Waals surface area contributed by atoms with Gasteiger partial charge in [-0.1, -0.05) is 38.1 Å². The van der Waals surface area contributed by atoms with Gasteiger partial charge in [0.05, 0.1) is 0 Å². The third-order valence-electron chi connectivity index (χ3n) is 2.02. The zero-order chi connectivity index (χ0) is 9.52. The minimum atomic E-state index is 0.929. The molecule has 1 aromatic carbocycles. The summed E-state index contributed by atoms with van der Waals surface area (Å²) < 4.78 is 0. The van der Waals surface area contributed by atoms with E-state index in [0.717, 1.165) is 19.4 Å². The molecule has 0 unspecified atom stereocenters. The van der Waals surface area contributed by atoms with Gasteiger partial charge >= 0.3 is 0 Å². The van der Waals surface area contributed by atoms with Crippen molar-refractivity contribution < 1.29 is 0 Å². The van der Waals surface area contributed by atoms with Gasteiger partial charge in [0, 0.05) is 12.8 Å². The fraction of sp³-hybridized carbons (Fsp3) is 0.417. The second-order valence-corrected chi connectivity index (χ2v) is 3.09. The molecule has 0 heterocycles. The van der Waals surface area contributed by atoms with Crippen LogP contribution in [0.15, 0.2) is 29.3 Å². The van der Waals surface area contributed by atoms with Crippen LogP contribution >= 0.6 is 0 Å². The average molecular weight is 175 g/mol. The van der Waals surface area contributed by atoms with E-state index in [4.69, 9.17) is 0 Å². The summed E-state index contributed by atoms with van der Waals surface area (Å²) in [7, 11) is 0. The fourth-order valence-electron chi connectivity index (χ4n) is 1.27. The maximum atomic E-state index is 4.34. The van der Waals surface area contributed by atoms with Crippen molar-refractivity contribution in [2.24, 2.45) is 4.99 Å². The molecular formula is C12H17N. The number of benzene rings is 1. The summed E-state index contributed by atoms with van der Waals surface area (Å²) in [4.78, 5) is 4.34. The van der Waals surface area contributed by atoms with E-state index in [1.807, 2.05) is 6.21 Å². The Kier molecular flexibility index (Phi) is 4.24. The lowest BCUT2D eigenvalue weighted by Crippen LogP contribution is -1.90. The van der Waals surface area contributed by atoms with Crippen molar-refractivity contribution in [1.82, 2.24) is 0 Å². The van der Waals surface area contributed by atoms with Crippen LogP contribution in [0, 0.1) is 0 Å². The van der Waals surface area contributed by atoms with Crippen LogP contribution in [0.3, 0.4) is 0 Å². The molecule has 0 saturated heterocycles. The molecule has 0 aliphatic rings. The Morgan fingerprint density at radius 3 is 2.69 bits per heavy atom. The van der Waals surface area contributed by atoms with Crippen molar-refractivity contribution in [1.29, 1.82) is 0 Å². The number of aliphatic imine (C=N–C) groups is 1. The Hall–Kier alpha value is -1.11. The van der Waals surface area contributed by atoms with Crippen LogP contribution in [0.5, 0.6) is 0 Å². The van der Waals surface area contributed by atoms with E-state index in [-0.39, 0.29) is 0 Å². The highest BCUT2D eigenvalue weighted by Gasteiger charge is 1.94. The first-order chi connectivity index (χ1) is 6.38. The van der Waals surface area contributed by atoms with Crippen molar-refractivity contribution in [3.8, 4) is 0 Å². The average Bonchev–Trinajstić information content (AvgIpc) is 2.19. The maximum Gasteiger partial charge on any atom is 0.0386 e. The highest BCUT2D eigenvalue weighted by molar-refractivity contribution is 5.81.